The van der Waals surface area contributed by atoms with Crippen molar-refractivity contribution in [1.29, 1.82) is 0 Å². The Labute approximate surface area is 253 Å². The van der Waals surface area contributed by atoms with Crippen LogP contribution in [0.4, 0.5) is 0 Å². The molecule has 1 amide bonds. The topological polar surface area (TPSA) is 124 Å². The van der Waals surface area contributed by atoms with Crippen LogP contribution in [0.2, 0.25) is 0 Å². The summed E-state index contributed by atoms with van der Waals surface area (Å²) in [4.78, 5) is 27.7. The Morgan fingerprint density at radius 3 is 2.62 bits per heavy atom. The lowest BCUT2D eigenvalue weighted by molar-refractivity contribution is 0.0897. The highest BCUT2D eigenvalue weighted by molar-refractivity contribution is 7.22. The first-order valence-electron chi connectivity index (χ1n) is 13.2. The number of ether oxygens (including phenoxy) is 2. The third-order valence-electron chi connectivity index (χ3n) is 6.67. The number of aliphatic hydroxyl groups excluding tert-OH is 1. The second kappa shape index (κ2) is 11.8. The first-order chi connectivity index (χ1) is 20.3. The molecule has 0 aliphatic heterocycles. The number of carbonyl (C=O) groups is 1. The van der Waals surface area contributed by atoms with Crippen molar-refractivity contribution in [1.82, 2.24) is 29.9 Å². The monoisotopic (exact) mass is 620 g/mol. The van der Waals surface area contributed by atoms with Crippen LogP contribution in [-0.2, 0) is 6.61 Å². The van der Waals surface area contributed by atoms with E-state index in [4.69, 9.17) is 19.4 Å². The summed E-state index contributed by atoms with van der Waals surface area (Å²) in [7, 11) is 1.62. The van der Waals surface area contributed by atoms with E-state index < -0.39 is 0 Å². The first kappa shape index (κ1) is 28.2. The van der Waals surface area contributed by atoms with Gasteiger partial charge in [0, 0.05) is 28.6 Å². The van der Waals surface area contributed by atoms with Gasteiger partial charge in [0.15, 0.2) is 0 Å². The molecule has 0 aliphatic carbocycles. The van der Waals surface area contributed by atoms with Gasteiger partial charge in [-0.15, -0.1) is 22.7 Å². The van der Waals surface area contributed by atoms with Crippen LogP contribution in [0.25, 0.3) is 36.5 Å². The molecule has 0 radical (unpaired) electrons. The Bertz CT molecular complexity index is 1840. The van der Waals surface area contributed by atoms with E-state index >= 15 is 0 Å². The summed E-state index contributed by atoms with van der Waals surface area (Å²) < 4.78 is 14.4. The van der Waals surface area contributed by atoms with E-state index in [1.165, 1.54) is 34.0 Å². The van der Waals surface area contributed by atoms with Crippen molar-refractivity contribution in [2.24, 2.45) is 5.92 Å². The average molecular weight is 621 g/mol. The molecule has 10 nitrogen and oxygen atoms in total. The number of aryl methyl sites for hydroxylation is 1. The quantitative estimate of drug-likeness (QED) is 0.196. The van der Waals surface area contributed by atoms with Crippen molar-refractivity contribution in [2.75, 3.05) is 13.7 Å². The van der Waals surface area contributed by atoms with E-state index in [0.717, 1.165) is 47.2 Å². The minimum atomic E-state index is -0.286. The van der Waals surface area contributed by atoms with Crippen molar-refractivity contribution in [2.45, 2.75) is 33.4 Å². The molecule has 42 heavy (non-hydrogen) atoms. The Balaban J connectivity index is 1.17. The molecule has 4 heterocycles. The molecule has 2 N–H and O–H groups in total. The summed E-state index contributed by atoms with van der Waals surface area (Å²) in [6.45, 7) is 6.05. The second-order valence-electron chi connectivity index (χ2n) is 9.98. The third-order valence-corrected chi connectivity index (χ3v) is 9.55. The Kier molecular flexibility index (Phi) is 7.90. The summed E-state index contributed by atoms with van der Waals surface area (Å²) in [5.74, 6) is 1.24. The number of methoxy groups -OCH3 is 1. The molecule has 0 spiro atoms. The van der Waals surface area contributed by atoms with Gasteiger partial charge in [0.05, 0.1) is 41.9 Å². The van der Waals surface area contributed by atoms with Gasteiger partial charge < -0.3 is 19.9 Å². The van der Waals surface area contributed by atoms with E-state index in [1.54, 1.807) is 23.8 Å². The number of nitrogens with zero attached hydrogens (tertiary/aromatic N) is 5. The number of benzene rings is 2. The molecule has 13 heteroatoms. The number of amides is 1. The zero-order valence-electron chi connectivity index (χ0n) is 23.3. The molecule has 0 aliphatic rings. The highest BCUT2D eigenvalue weighted by Gasteiger charge is 2.18. The molecule has 0 unspecified atom stereocenters. The van der Waals surface area contributed by atoms with Gasteiger partial charge in [-0.3, -0.25) is 4.79 Å². The Hall–Kier alpha value is -3.91. The number of hydrogen-bond donors (Lipinski definition) is 2. The molecule has 0 bridgehead atoms. The average Bonchev–Trinajstić information content (AvgIpc) is 3.77. The van der Waals surface area contributed by atoms with Crippen LogP contribution in [-0.4, -0.2) is 55.3 Å². The fourth-order valence-electron chi connectivity index (χ4n) is 4.31. The normalized spacial score (nSPS) is 12.3. The molecule has 1 atom stereocenters. The van der Waals surface area contributed by atoms with Crippen molar-refractivity contribution in [3.63, 3.8) is 0 Å². The predicted octanol–water partition coefficient (Wildman–Crippen LogP) is 5.83. The summed E-state index contributed by atoms with van der Waals surface area (Å²) in [6, 6.07) is 10.8. The lowest BCUT2D eigenvalue weighted by atomic mass is 10.0. The summed E-state index contributed by atoms with van der Waals surface area (Å²) in [5, 5.41) is 21.4. The smallest absolute Gasteiger partial charge is 0.251 e. The standard InChI is InChI=1S/C29H28N6O4S3/c1-15(2)23(12-36)31-26(37)17-5-7-18(8-6-17)27-30-19(14-40-27)13-39-24-10-20(38-4)9-21-25(24)42-28(32-21)22-11-35-29(33-22)41-16(3)34-35/h5-11,14-15,23,36H,12-13H2,1-4H3,(H,31,37)/t23-/m1/s1. The van der Waals surface area contributed by atoms with Crippen molar-refractivity contribution >= 4 is 55.1 Å². The van der Waals surface area contributed by atoms with E-state index in [2.05, 4.69) is 15.4 Å². The number of fused-ring (bicyclic) bond motifs is 2. The number of thiazole rings is 2. The minimum absolute atomic E-state index is 0.0996. The molecular weight excluding hydrogens is 593 g/mol. The highest BCUT2D eigenvalue weighted by atomic mass is 32.1. The van der Waals surface area contributed by atoms with Gasteiger partial charge in [-0.2, -0.15) is 5.10 Å². The van der Waals surface area contributed by atoms with Crippen LogP contribution < -0.4 is 14.8 Å². The van der Waals surface area contributed by atoms with Gasteiger partial charge in [0.1, 0.15) is 38.8 Å². The number of imidazole rings is 1. The Morgan fingerprint density at radius 2 is 1.90 bits per heavy atom. The van der Waals surface area contributed by atoms with Crippen molar-refractivity contribution < 1.29 is 19.4 Å². The number of aliphatic hydroxyl groups is 1. The maximum atomic E-state index is 12.6. The number of hydrogen-bond acceptors (Lipinski definition) is 11. The minimum Gasteiger partial charge on any atom is -0.497 e. The van der Waals surface area contributed by atoms with Crippen LogP contribution in [0.1, 0.15) is 34.9 Å². The summed E-state index contributed by atoms with van der Waals surface area (Å²) in [5.41, 5.74) is 3.76. The molecular formula is C29H28N6O4S3. The van der Waals surface area contributed by atoms with E-state index in [1.807, 2.05) is 56.6 Å². The maximum Gasteiger partial charge on any atom is 0.251 e. The number of nitrogens with one attached hydrogen (secondary N) is 1. The Morgan fingerprint density at radius 1 is 1.10 bits per heavy atom. The fraction of sp³-hybridized carbons (Fsp3) is 0.276. The summed E-state index contributed by atoms with van der Waals surface area (Å²) >= 11 is 4.56. The third kappa shape index (κ3) is 5.73. The van der Waals surface area contributed by atoms with Crippen LogP contribution in [0.15, 0.2) is 48.0 Å². The van der Waals surface area contributed by atoms with Crippen molar-refractivity contribution in [3.8, 4) is 32.8 Å². The van der Waals surface area contributed by atoms with Gasteiger partial charge in [0.2, 0.25) is 4.96 Å². The lowest BCUT2D eigenvalue weighted by Crippen LogP contribution is -2.41. The van der Waals surface area contributed by atoms with Crippen LogP contribution >= 0.6 is 34.0 Å². The number of rotatable bonds is 10. The van der Waals surface area contributed by atoms with E-state index in [0.29, 0.717) is 17.1 Å². The van der Waals surface area contributed by atoms with Gasteiger partial charge in [-0.25, -0.2) is 19.5 Å². The highest BCUT2D eigenvalue weighted by Crippen LogP contribution is 2.39. The van der Waals surface area contributed by atoms with Crippen LogP contribution in [0, 0.1) is 12.8 Å². The zero-order chi connectivity index (χ0) is 29.4. The summed E-state index contributed by atoms with van der Waals surface area (Å²) in [6.07, 6.45) is 1.89. The molecule has 4 aromatic heterocycles. The van der Waals surface area contributed by atoms with Crippen LogP contribution in [0.5, 0.6) is 11.5 Å². The zero-order valence-corrected chi connectivity index (χ0v) is 25.8. The number of aromatic nitrogens is 5. The second-order valence-corrected chi connectivity index (χ2v) is 13.0. The molecule has 6 rings (SSSR count). The predicted molar refractivity (Wildman–Crippen MR) is 166 cm³/mol. The molecule has 216 valence electrons. The van der Waals surface area contributed by atoms with Gasteiger partial charge in [0.25, 0.3) is 5.91 Å². The van der Waals surface area contributed by atoms with Crippen LogP contribution in [0.3, 0.4) is 0 Å². The molecule has 0 saturated heterocycles. The van der Waals surface area contributed by atoms with E-state index in [9.17, 15) is 9.90 Å². The van der Waals surface area contributed by atoms with Gasteiger partial charge >= 0.3 is 0 Å². The lowest BCUT2D eigenvalue weighted by Gasteiger charge is -2.19. The fourth-order valence-corrected chi connectivity index (χ4v) is 6.81. The molecule has 0 saturated carbocycles. The largest absolute Gasteiger partial charge is 0.497 e. The van der Waals surface area contributed by atoms with Gasteiger partial charge in [-0.1, -0.05) is 37.3 Å². The molecule has 6 aromatic rings. The van der Waals surface area contributed by atoms with E-state index in [-0.39, 0.29) is 31.1 Å². The molecule has 2 aromatic carbocycles. The van der Waals surface area contributed by atoms with Gasteiger partial charge in [-0.05, 0) is 25.0 Å². The van der Waals surface area contributed by atoms with Crippen molar-refractivity contribution in [3.05, 3.63) is 64.2 Å². The molecule has 0 fully saturated rings. The SMILES string of the molecule is COc1cc(OCc2csc(-c3ccc(C(=O)N[C@H](CO)C(C)C)cc3)n2)c2sc(-c3cn4nc(C)sc4n3)nc2c1. The number of carbonyl (C=O) groups excluding carboxylic acids is 1. The maximum absolute atomic E-state index is 12.6. The first-order valence-corrected chi connectivity index (χ1v) is 15.7.